The van der Waals surface area contributed by atoms with Crippen LogP contribution < -0.4 is 0 Å². The maximum atomic E-state index is 11.7. The van der Waals surface area contributed by atoms with Crippen molar-refractivity contribution in [2.45, 2.75) is 46.3 Å². The fourth-order valence-corrected chi connectivity index (χ4v) is 1.77. The predicted octanol–water partition coefficient (Wildman–Crippen LogP) is 0.851. The van der Waals surface area contributed by atoms with Gasteiger partial charge in [0.15, 0.2) is 0 Å². The highest BCUT2D eigenvalue weighted by molar-refractivity contribution is 6.18. The topological polar surface area (TPSA) is 57.6 Å². The summed E-state index contributed by atoms with van der Waals surface area (Å²) in [4.78, 5) is 24.7. The lowest BCUT2D eigenvalue weighted by Gasteiger charge is -2.24. The minimum Gasteiger partial charge on any atom is -0.393 e. The van der Waals surface area contributed by atoms with Crippen LogP contribution in [0.25, 0.3) is 0 Å². The number of carbonyl (C=O) groups is 2. The lowest BCUT2D eigenvalue weighted by molar-refractivity contribution is -0.140. The largest absolute Gasteiger partial charge is 0.393 e. The minimum absolute atomic E-state index is 0.231. The Labute approximate surface area is 89.6 Å². The molecule has 0 bridgehead atoms. The number of imide groups is 1. The van der Waals surface area contributed by atoms with Gasteiger partial charge in [-0.3, -0.25) is 14.5 Å². The van der Waals surface area contributed by atoms with Gasteiger partial charge in [-0.15, -0.1) is 0 Å². The van der Waals surface area contributed by atoms with E-state index in [-0.39, 0.29) is 17.9 Å². The molecular formula is C11H17NO3. The summed E-state index contributed by atoms with van der Waals surface area (Å²) in [6.45, 7) is 6.73. The molecule has 0 aliphatic carbocycles. The molecule has 4 heteroatoms. The molecular weight excluding hydrogens is 194 g/mol. The first kappa shape index (κ1) is 11.9. The smallest absolute Gasteiger partial charge is 0.257 e. The number of aliphatic hydroxyl groups is 1. The van der Waals surface area contributed by atoms with Crippen molar-refractivity contribution in [3.05, 3.63) is 11.1 Å². The zero-order valence-corrected chi connectivity index (χ0v) is 9.57. The molecule has 1 aliphatic rings. The average Bonchev–Trinajstić information content (AvgIpc) is 2.30. The molecule has 4 nitrogen and oxygen atoms in total. The Hall–Kier alpha value is -1.16. The second-order valence-electron chi connectivity index (χ2n) is 4.16. The summed E-state index contributed by atoms with van der Waals surface area (Å²) in [5.74, 6) is -0.462. The number of nitrogens with zero attached hydrogens (tertiary/aromatic N) is 1. The Bertz CT molecular complexity index is 307. The van der Waals surface area contributed by atoms with Gasteiger partial charge in [0.1, 0.15) is 0 Å². The third-order valence-electron chi connectivity index (χ3n) is 2.76. The summed E-state index contributed by atoms with van der Waals surface area (Å²) in [6.07, 6.45) is -0.0975. The number of amides is 2. The fraction of sp³-hybridized carbons (Fsp3) is 0.636. The highest BCUT2D eigenvalue weighted by Crippen LogP contribution is 2.23. The van der Waals surface area contributed by atoms with Crippen molar-refractivity contribution in [3.8, 4) is 0 Å². The van der Waals surface area contributed by atoms with Crippen LogP contribution in [0.4, 0.5) is 0 Å². The van der Waals surface area contributed by atoms with Crippen LogP contribution in [0, 0.1) is 0 Å². The van der Waals surface area contributed by atoms with Crippen LogP contribution in [0.1, 0.15) is 34.1 Å². The summed E-state index contributed by atoms with van der Waals surface area (Å²) >= 11 is 0. The van der Waals surface area contributed by atoms with Crippen molar-refractivity contribution in [1.82, 2.24) is 4.90 Å². The second kappa shape index (κ2) is 4.14. The van der Waals surface area contributed by atoms with E-state index in [2.05, 4.69) is 0 Å². The summed E-state index contributed by atoms with van der Waals surface area (Å²) in [7, 11) is 0. The van der Waals surface area contributed by atoms with E-state index in [1.54, 1.807) is 27.7 Å². The Morgan fingerprint density at radius 1 is 1.13 bits per heavy atom. The SMILES string of the molecule is CC1=C(C)C(=O)N(C(C)CC(C)O)C1=O. The molecule has 2 amide bonds. The van der Waals surface area contributed by atoms with E-state index in [0.717, 1.165) is 0 Å². The molecule has 0 saturated carbocycles. The van der Waals surface area contributed by atoms with E-state index >= 15 is 0 Å². The highest BCUT2D eigenvalue weighted by Gasteiger charge is 2.36. The minimum atomic E-state index is -0.512. The zero-order chi connectivity index (χ0) is 11.7. The maximum absolute atomic E-state index is 11.7. The van der Waals surface area contributed by atoms with Crippen molar-refractivity contribution in [1.29, 1.82) is 0 Å². The van der Waals surface area contributed by atoms with E-state index < -0.39 is 6.10 Å². The van der Waals surface area contributed by atoms with Crippen molar-refractivity contribution in [2.24, 2.45) is 0 Å². The summed E-state index contributed by atoms with van der Waals surface area (Å²) in [6, 6.07) is -0.252. The predicted molar refractivity (Wildman–Crippen MR) is 56.0 cm³/mol. The van der Waals surface area contributed by atoms with Gasteiger partial charge in [-0.2, -0.15) is 0 Å². The number of hydrogen-bond acceptors (Lipinski definition) is 3. The molecule has 0 aromatic heterocycles. The van der Waals surface area contributed by atoms with Gasteiger partial charge in [-0.1, -0.05) is 0 Å². The van der Waals surface area contributed by atoms with Crippen molar-refractivity contribution < 1.29 is 14.7 Å². The van der Waals surface area contributed by atoms with Crippen molar-refractivity contribution in [3.63, 3.8) is 0 Å². The third-order valence-corrected chi connectivity index (χ3v) is 2.76. The van der Waals surface area contributed by atoms with Gasteiger partial charge >= 0.3 is 0 Å². The molecule has 0 fully saturated rings. The van der Waals surface area contributed by atoms with Gasteiger partial charge in [0.2, 0.25) is 0 Å². The van der Waals surface area contributed by atoms with Crippen LogP contribution in [-0.4, -0.2) is 34.0 Å². The molecule has 84 valence electrons. The quantitative estimate of drug-likeness (QED) is 0.704. The van der Waals surface area contributed by atoms with Gasteiger partial charge in [0.05, 0.1) is 6.10 Å². The van der Waals surface area contributed by atoms with Crippen LogP contribution >= 0.6 is 0 Å². The van der Waals surface area contributed by atoms with Gasteiger partial charge in [0.25, 0.3) is 11.8 Å². The zero-order valence-electron chi connectivity index (χ0n) is 9.57. The van der Waals surface area contributed by atoms with E-state index in [4.69, 9.17) is 0 Å². The average molecular weight is 211 g/mol. The molecule has 0 aromatic carbocycles. The maximum Gasteiger partial charge on any atom is 0.257 e. The lowest BCUT2D eigenvalue weighted by Crippen LogP contribution is -2.40. The van der Waals surface area contributed by atoms with Gasteiger partial charge < -0.3 is 5.11 Å². The molecule has 0 radical (unpaired) electrons. The highest BCUT2D eigenvalue weighted by atomic mass is 16.3. The number of aliphatic hydroxyl groups excluding tert-OH is 1. The van der Waals surface area contributed by atoms with Gasteiger partial charge in [-0.25, -0.2) is 0 Å². The first-order valence-electron chi connectivity index (χ1n) is 5.09. The molecule has 1 N–H and O–H groups in total. The van der Waals surface area contributed by atoms with Gasteiger partial charge in [-0.05, 0) is 34.1 Å². The van der Waals surface area contributed by atoms with Crippen LogP contribution in [-0.2, 0) is 9.59 Å². The van der Waals surface area contributed by atoms with E-state index in [9.17, 15) is 14.7 Å². The molecule has 1 aliphatic heterocycles. The summed E-state index contributed by atoms with van der Waals surface area (Å²) in [5.41, 5.74) is 1.02. The first-order valence-corrected chi connectivity index (χ1v) is 5.09. The van der Waals surface area contributed by atoms with Crippen molar-refractivity contribution in [2.75, 3.05) is 0 Å². The van der Waals surface area contributed by atoms with Crippen molar-refractivity contribution >= 4 is 11.8 Å². The Kier molecular flexibility index (Phi) is 3.29. The number of hydrogen-bond donors (Lipinski definition) is 1. The molecule has 0 aromatic rings. The summed E-state index contributed by atoms with van der Waals surface area (Å²) in [5, 5.41) is 9.22. The third kappa shape index (κ3) is 2.09. The van der Waals surface area contributed by atoms with E-state index in [1.807, 2.05) is 0 Å². The Morgan fingerprint density at radius 3 is 1.87 bits per heavy atom. The van der Waals surface area contributed by atoms with E-state index in [1.165, 1.54) is 4.90 Å². The Balaban J connectivity index is 2.83. The molecule has 2 unspecified atom stereocenters. The van der Waals surface area contributed by atoms with Crippen LogP contribution in [0.2, 0.25) is 0 Å². The standard InChI is InChI=1S/C11H17NO3/c1-6(5-7(2)13)12-10(14)8(3)9(4)11(12)15/h6-7,13H,5H2,1-4H3. The normalized spacial score (nSPS) is 21.3. The van der Waals surface area contributed by atoms with E-state index in [0.29, 0.717) is 17.6 Å². The molecule has 1 rings (SSSR count). The lowest BCUT2D eigenvalue weighted by atomic mass is 10.1. The van der Waals surface area contributed by atoms with Crippen LogP contribution in [0.3, 0.4) is 0 Å². The second-order valence-corrected chi connectivity index (χ2v) is 4.16. The summed E-state index contributed by atoms with van der Waals surface area (Å²) < 4.78 is 0. The Morgan fingerprint density at radius 2 is 1.53 bits per heavy atom. The molecule has 0 saturated heterocycles. The van der Waals surface area contributed by atoms with Crippen LogP contribution in [0.15, 0.2) is 11.1 Å². The molecule has 1 heterocycles. The number of rotatable bonds is 3. The monoisotopic (exact) mass is 211 g/mol. The molecule has 2 atom stereocenters. The number of carbonyl (C=O) groups excluding carboxylic acids is 2. The molecule has 15 heavy (non-hydrogen) atoms. The van der Waals surface area contributed by atoms with Crippen LogP contribution in [0.5, 0.6) is 0 Å². The first-order chi connectivity index (χ1) is 6.86. The van der Waals surface area contributed by atoms with Gasteiger partial charge in [0, 0.05) is 17.2 Å². The molecule has 0 spiro atoms. The fourth-order valence-electron chi connectivity index (χ4n) is 1.77.